The van der Waals surface area contributed by atoms with Gasteiger partial charge in [-0.15, -0.1) is 0 Å². The van der Waals surface area contributed by atoms with E-state index >= 15 is 0 Å². The van der Waals surface area contributed by atoms with Crippen LogP contribution in [0, 0.1) is 5.41 Å². The van der Waals surface area contributed by atoms with Gasteiger partial charge in [-0.2, -0.15) is 26.3 Å². The molecule has 3 aliphatic rings. The van der Waals surface area contributed by atoms with Crippen LogP contribution in [-0.4, -0.2) is 71.3 Å². The van der Waals surface area contributed by atoms with E-state index in [4.69, 9.17) is 4.42 Å². The molecule has 0 bridgehead atoms. The van der Waals surface area contributed by atoms with Crippen LogP contribution in [0.15, 0.2) is 71.5 Å². The molecule has 0 unspecified atom stereocenters. The van der Waals surface area contributed by atoms with E-state index in [9.17, 15) is 35.9 Å². The van der Waals surface area contributed by atoms with E-state index in [2.05, 4.69) is 4.90 Å². The Balaban J connectivity index is 1.17. The molecular weight excluding hydrogens is 612 g/mol. The van der Waals surface area contributed by atoms with E-state index < -0.39 is 41.0 Å². The molecule has 6 nitrogen and oxygen atoms in total. The molecule has 0 saturated carbocycles. The number of piperidine rings is 2. The Labute approximate surface area is 262 Å². The van der Waals surface area contributed by atoms with E-state index in [1.807, 2.05) is 35.2 Å². The molecule has 0 N–H and O–H groups in total. The van der Waals surface area contributed by atoms with Gasteiger partial charge < -0.3 is 19.1 Å². The number of hydrogen-bond acceptors (Lipinski definition) is 4. The zero-order chi connectivity index (χ0) is 32.7. The summed E-state index contributed by atoms with van der Waals surface area (Å²) < 4.78 is 86.5. The number of likely N-dealkylation sites (tertiary alicyclic amines) is 3. The molecule has 4 heterocycles. The van der Waals surface area contributed by atoms with Gasteiger partial charge in [-0.1, -0.05) is 30.3 Å². The van der Waals surface area contributed by atoms with Crippen LogP contribution in [0.25, 0.3) is 0 Å². The Morgan fingerprint density at radius 3 is 2.07 bits per heavy atom. The molecule has 3 aliphatic heterocycles. The maximum absolute atomic E-state index is 13.7. The lowest BCUT2D eigenvalue weighted by atomic mass is 9.77. The lowest BCUT2D eigenvalue weighted by Crippen LogP contribution is -2.55. The van der Waals surface area contributed by atoms with E-state index in [0.29, 0.717) is 50.0 Å². The summed E-state index contributed by atoms with van der Waals surface area (Å²) in [6.45, 7) is 3.22. The second kappa shape index (κ2) is 12.4. The lowest BCUT2D eigenvalue weighted by molar-refractivity contribution is -0.143. The molecule has 2 atom stereocenters. The highest BCUT2D eigenvalue weighted by molar-refractivity contribution is 5.95. The van der Waals surface area contributed by atoms with E-state index in [1.165, 1.54) is 17.4 Å². The fourth-order valence-corrected chi connectivity index (χ4v) is 7.40. The third-order valence-corrected chi connectivity index (χ3v) is 9.97. The topological polar surface area (TPSA) is 57.0 Å². The van der Waals surface area contributed by atoms with Crippen molar-refractivity contribution in [3.63, 3.8) is 0 Å². The summed E-state index contributed by atoms with van der Waals surface area (Å²) in [6, 6.07) is 11.8. The molecule has 0 aliphatic carbocycles. The predicted octanol–water partition coefficient (Wildman–Crippen LogP) is 7.16. The summed E-state index contributed by atoms with van der Waals surface area (Å²) in [5.41, 5.74) is -2.11. The van der Waals surface area contributed by atoms with Crippen molar-refractivity contribution in [2.75, 3.05) is 32.7 Å². The molecule has 246 valence electrons. The molecular formula is C34H35F6N3O3. The fraction of sp³-hybridized carbons (Fsp3) is 0.471. The fourth-order valence-electron chi connectivity index (χ4n) is 7.40. The highest BCUT2D eigenvalue weighted by Crippen LogP contribution is 2.42. The SMILES string of the molecule is O=C(c1ccoc1)N1CCC2(CCN([C@H]3CCN(C(=O)c4cc(C(F)(F)F)cc(C(F)(F)F)c4)[C@H](Cc4ccccc4)C3)CC2)C1. The molecule has 12 heteroatoms. The van der Waals surface area contributed by atoms with Crippen molar-refractivity contribution in [1.82, 2.24) is 14.7 Å². The highest BCUT2D eigenvalue weighted by Gasteiger charge is 2.45. The number of rotatable bonds is 5. The van der Waals surface area contributed by atoms with Crippen LogP contribution in [0.2, 0.25) is 0 Å². The molecule has 2 amide bonds. The Kier molecular flexibility index (Phi) is 8.69. The normalized spacial score (nSPS) is 22.4. The Morgan fingerprint density at radius 1 is 0.804 bits per heavy atom. The monoisotopic (exact) mass is 647 g/mol. The first-order chi connectivity index (χ1) is 21.8. The molecule has 3 aromatic rings. The molecule has 3 fully saturated rings. The lowest BCUT2D eigenvalue weighted by Gasteiger charge is -2.47. The van der Waals surface area contributed by atoms with Crippen LogP contribution in [0.4, 0.5) is 26.3 Å². The van der Waals surface area contributed by atoms with Gasteiger partial charge in [0, 0.05) is 37.3 Å². The second-order valence-electron chi connectivity index (χ2n) is 12.8. The van der Waals surface area contributed by atoms with Crippen molar-refractivity contribution < 1.29 is 40.3 Å². The number of nitrogens with zero attached hydrogens (tertiary/aromatic N) is 3. The quantitative estimate of drug-likeness (QED) is 0.276. The first-order valence-electron chi connectivity index (χ1n) is 15.5. The van der Waals surface area contributed by atoms with E-state index in [0.717, 1.165) is 37.9 Å². The second-order valence-corrected chi connectivity index (χ2v) is 12.8. The van der Waals surface area contributed by atoms with Gasteiger partial charge in [-0.25, -0.2) is 0 Å². The molecule has 46 heavy (non-hydrogen) atoms. The Hall–Kier alpha value is -3.80. The average Bonchev–Trinajstić information content (AvgIpc) is 3.72. The number of furan rings is 1. The number of amides is 2. The zero-order valence-corrected chi connectivity index (χ0v) is 25.1. The first-order valence-corrected chi connectivity index (χ1v) is 15.5. The van der Waals surface area contributed by atoms with Crippen molar-refractivity contribution in [2.45, 2.75) is 63.0 Å². The maximum Gasteiger partial charge on any atom is 0.416 e. The smallest absolute Gasteiger partial charge is 0.416 e. The summed E-state index contributed by atoms with van der Waals surface area (Å²) in [5, 5.41) is 0. The highest BCUT2D eigenvalue weighted by atomic mass is 19.4. The number of hydrogen-bond donors (Lipinski definition) is 0. The van der Waals surface area contributed by atoms with E-state index in [1.54, 1.807) is 6.07 Å². The van der Waals surface area contributed by atoms with Crippen LogP contribution in [0.5, 0.6) is 0 Å². The summed E-state index contributed by atoms with van der Waals surface area (Å²) >= 11 is 0. The van der Waals surface area contributed by atoms with Gasteiger partial charge in [0.25, 0.3) is 11.8 Å². The number of halogens is 6. The van der Waals surface area contributed by atoms with Gasteiger partial charge in [-0.3, -0.25) is 9.59 Å². The summed E-state index contributed by atoms with van der Waals surface area (Å²) in [6.07, 6.45) is -2.86. The minimum absolute atomic E-state index is 0.0306. The largest absolute Gasteiger partial charge is 0.472 e. The zero-order valence-electron chi connectivity index (χ0n) is 25.1. The maximum atomic E-state index is 13.7. The average molecular weight is 648 g/mol. The Morgan fingerprint density at radius 2 is 1.46 bits per heavy atom. The minimum atomic E-state index is -5.04. The third kappa shape index (κ3) is 6.82. The number of carbonyl (C=O) groups excluding carboxylic acids is 2. The van der Waals surface area contributed by atoms with Gasteiger partial charge in [0.15, 0.2) is 0 Å². The van der Waals surface area contributed by atoms with Gasteiger partial charge in [0.05, 0.1) is 23.0 Å². The summed E-state index contributed by atoms with van der Waals surface area (Å²) in [7, 11) is 0. The van der Waals surface area contributed by atoms with Gasteiger partial charge in [0.1, 0.15) is 6.26 Å². The van der Waals surface area contributed by atoms with Crippen molar-refractivity contribution in [2.24, 2.45) is 5.41 Å². The van der Waals surface area contributed by atoms with Crippen LogP contribution in [0.3, 0.4) is 0 Å². The van der Waals surface area contributed by atoms with Crippen LogP contribution >= 0.6 is 0 Å². The summed E-state index contributed by atoms with van der Waals surface area (Å²) in [4.78, 5) is 32.3. The summed E-state index contributed by atoms with van der Waals surface area (Å²) in [5.74, 6) is -0.862. The molecule has 2 aromatic carbocycles. The standard InChI is InChI=1S/C34H35F6N3O3/c35-33(36,37)26-17-25(18-27(19-26)34(38,39)40)31(45)43-11-6-28(20-29(43)16-23-4-2-1-3-5-23)41-12-8-32(9-13-41)10-14-42(22-32)30(44)24-7-15-46-21-24/h1-5,7,15,17-19,21,28-29H,6,8-14,16,20,22H2/t28-,29+/m0/s1. The van der Waals surface area contributed by atoms with E-state index in [-0.39, 0.29) is 30.0 Å². The molecule has 1 spiro atoms. The predicted molar refractivity (Wildman–Crippen MR) is 157 cm³/mol. The van der Waals surface area contributed by atoms with Crippen molar-refractivity contribution in [3.05, 3.63) is 94.9 Å². The third-order valence-electron chi connectivity index (χ3n) is 9.97. The number of benzene rings is 2. The van der Waals surface area contributed by atoms with Crippen LogP contribution in [-0.2, 0) is 18.8 Å². The van der Waals surface area contributed by atoms with Gasteiger partial charge >= 0.3 is 12.4 Å². The number of alkyl halides is 6. The van der Waals surface area contributed by atoms with Crippen LogP contribution < -0.4 is 0 Å². The first kappa shape index (κ1) is 32.2. The van der Waals surface area contributed by atoms with Crippen LogP contribution in [0.1, 0.15) is 69.5 Å². The molecule has 0 radical (unpaired) electrons. The van der Waals surface area contributed by atoms with Gasteiger partial charge in [-0.05, 0) is 86.9 Å². The van der Waals surface area contributed by atoms with Crippen molar-refractivity contribution in [3.8, 4) is 0 Å². The van der Waals surface area contributed by atoms with Gasteiger partial charge in [0.2, 0.25) is 0 Å². The van der Waals surface area contributed by atoms with Crippen molar-refractivity contribution in [1.29, 1.82) is 0 Å². The molecule has 6 rings (SSSR count). The molecule has 1 aromatic heterocycles. The van der Waals surface area contributed by atoms with Crippen molar-refractivity contribution >= 4 is 11.8 Å². The number of carbonyl (C=O) groups is 2. The molecule has 3 saturated heterocycles. The minimum Gasteiger partial charge on any atom is -0.472 e. The Bertz CT molecular complexity index is 1500.